The van der Waals surface area contributed by atoms with E-state index in [0.29, 0.717) is 0 Å². The Morgan fingerprint density at radius 1 is 1.29 bits per heavy atom. The zero-order valence-corrected chi connectivity index (χ0v) is 13.4. The van der Waals surface area contributed by atoms with E-state index in [1.54, 1.807) is 0 Å². The van der Waals surface area contributed by atoms with Crippen LogP contribution in [-0.4, -0.2) is 49.2 Å². The number of rotatable bonds is 5. The fraction of sp³-hybridized carbons (Fsp3) is 0.706. The highest BCUT2D eigenvalue weighted by Crippen LogP contribution is 2.25. The van der Waals surface area contributed by atoms with Crippen molar-refractivity contribution in [1.29, 1.82) is 0 Å². The molecule has 2 saturated heterocycles. The fourth-order valence-electron chi connectivity index (χ4n) is 3.68. The van der Waals surface area contributed by atoms with Crippen LogP contribution in [0.2, 0.25) is 0 Å². The third kappa shape index (κ3) is 3.38. The van der Waals surface area contributed by atoms with Gasteiger partial charge in [0.2, 0.25) is 0 Å². The summed E-state index contributed by atoms with van der Waals surface area (Å²) in [7, 11) is 2.01. The zero-order chi connectivity index (χ0) is 14.7. The fourth-order valence-corrected chi connectivity index (χ4v) is 3.68. The van der Waals surface area contributed by atoms with Crippen molar-refractivity contribution in [3.05, 3.63) is 23.4 Å². The van der Waals surface area contributed by atoms with Crippen LogP contribution in [0.15, 0.2) is 12.1 Å². The first-order valence-electron chi connectivity index (χ1n) is 8.43. The molecule has 0 aliphatic carbocycles. The standard InChI is InChI=1S/C17H28N4/c1-3-5-15-10-14(12-18-2)11-17(19-15)21-9-8-20-7-4-6-16(20)13-21/h10-11,16,18H,3-9,12-13H2,1-2H3. The number of anilines is 1. The van der Waals surface area contributed by atoms with Crippen molar-refractivity contribution in [2.24, 2.45) is 0 Å². The third-order valence-electron chi connectivity index (χ3n) is 4.72. The van der Waals surface area contributed by atoms with Gasteiger partial charge in [-0.2, -0.15) is 0 Å². The van der Waals surface area contributed by atoms with Crippen molar-refractivity contribution in [2.75, 3.05) is 38.1 Å². The van der Waals surface area contributed by atoms with Crippen molar-refractivity contribution in [3.8, 4) is 0 Å². The SMILES string of the molecule is CCCc1cc(CNC)cc(N2CCN3CCCC3C2)n1. The highest BCUT2D eigenvalue weighted by molar-refractivity contribution is 5.44. The first-order valence-corrected chi connectivity index (χ1v) is 8.43. The molecule has 2 aliphatic heterocycles. The second-order valence-corrected chi connectivity index (χ2v) is 6.38. The number of nitrogens with zero attached hydrogens (tertiary/aromatic N) is 3. The molecular weight excluding hydrogens is 260 g/mol. The van der Waals surface area contributed by atoms with E-state index >= 15 is 0 Å². The summed E-state index contributed by atoms with van der Waals surface area (Å²) >= 11 is 0. The normalized spacial score (nSPS) is 22.6. The Morgan fingerprint density at radius 2 is 2.19 bits per heavy atom. The molecule has 0 bridgehead atoms. The third-order valence-corrected chi connectivity index (χ3v) is 4.72. The predicted octanol–water partition coefficient (Wildman–Crippen LogP) is 2.04. The molecule has 3 rings (SSSR count). The summed E-state index contributed by atoms with van der Waals surface area (Å²) in [5.41, 5.74) is 2.61. The van der Waals surface area contributed by atoms with Crippen LogP contribution in [0.3, 0.4) is 0 Å². The first-order chi connectivity index (χ1) is 10.3. The molecule has 0 saturated carbocycles. The summed E-state index contributed by atoms with van der Waals surface area (Å²) in [4.78, 5) is 10.1. The Balaban J connectivity index is 1.79. The summed E-state index contributed by atoms with van der Waals surface area (Å²) in [5.74, 6) is 1.19. The van der Waals surface area contributed by atoms with Crippen molar-refractivity contribution in [2.45, 2.75) is 45.2 Å². The van der Waals surface area contributed by atoms with Crippen LogP contribution in [0.5, 0.6) is 0 Å². The number of piperazine rings is 1. The number of hydrogen-bond donors (Lipinski definition) is 1. The molecule has 0 amide bonds. The van der Waals surface area contributed by atoms with E-state index in [-0.39, 0.29) is 0 Å². The van der Waals surface area contributed by atoms with Gasteiger partial charge in [0.15, 0.2) is 0 Å². The van der Waals surface area contributed by atoms with Crippen LogP contribution in [0.4, 0.5) is 5.82 Å². The summed E-state index contributed by atoms with van der Waals surface area (Å²) in [6.45, 7) is 7.93. The van der Waals surface area contributed by atoms with E-state index in [0.717, 1.165) is 38.5 Å². The lowest BCUT2D eigenvalue weighted by Crippen LogP contribution is -2.50. The van der Waals surface area contributed by atoms with Crippen molar-refractivity contribution < 1.29 is 0 Å². The van der Waals surface area contributed by atoms with E-state index in [9.17, 15) is 0 Å². The van der Waals surface area contributed by atoms with Crippen LogP contribution < -0.4 is 10.2 Å². The lowest BCUT2D eigenvalue weighted by molar-refractivity contribution is 0.230. The quantitative estimate of drug-likeness (QED) is 0.898. The molecule has 116 valence electrons. The van der Waals surface area contributed by atoms with Gasteiger partial charge >= 0.3 is 0 Å². The maximum absolute atomic E-state index is 4.92. The van der Waals surface area contributed by atoms with Crippen molar-refractivity contribution >= 4 is 5.82 Å². The minimum Gasteiger partial charge on any atom is -0.354 e. The van der Waals surface area contributed by atoms with E-state index in [4.69, 9.17) is 4.98 Å². The highest BCUT2D eigenvalue weighted by Gasteiger charge is 2.31. The zero-order valence-electron chi connectivity index (χ0n) is 13.4. The Kier molecular flexibility index (Phi) is 4.76. The van der Waals surface area contributed by atoms with Gasteiger partial charge in [-0.1, -0.05) is 13.3 Å². The van der Waals surface area contributed by atoms with Crippen molar-refractivity contribution in [3.63, 3.8) is 0 Å². The topological polar surface area (TPSA) is 31.4 Å². The van der Waals surface area contributed by atoms with Crippen LogP contribution in [0.1, 0.15) is 37.4 Å². The molecule has 1 aromatic heterocycles. The Morgan fingerprint density at radius 3 is 3.00 bits per heavy atom. The number of aryl methyl sites for hydroxylation is 1. The van der Waals surface area contributed by atoms with Gasteiger partial charge in [0.05, 0.1) is 0 Å². The summed E-state index contributed by atoms with van der Waals surface area (Å²) in [6, 6.07) is 5.29. The minimum atomic E-state index is 0.753. The van der Waals surface area contributed by atoms with E-state index < -0.39 is 0 Å². The maximum Gasteiger partial charge on any atom is 0.129 e. The second-order valence-electron chi connectivity index (χ2n) is 6.38. The lowest BCUT2D eigenvalue weighted by atomic mass is 10.1. The molecule has 1 atom stereocenters. The number of hydrogen-bond acceptors (Lipinski definition) is 4. The monoisotopic (exact) mass is 288 g/mol. The van der Waals surface area contributed by atoms with E-state index in [1.165, 1.54) is 43.0 Å². The molecule has 1 aromatic rings. The minimum absolute atomic E-state index is 0.753. The summed E-state index contributed by atoms with van der Waals surface area (Å²) < 4.78 is 0. The van der Waals surface area contributed by atoms with Crippen LogP contribution in [0, 0.1) is 0 Å². The van der Waals surface area contributed by atoms with Gasteiger partial charge < -0.3 is 10.2 Å². The van der Waals surface area contributed by atoms with Gasteiger partial charge in [-0.05, 0) is 50.6 Å². The van der Waals surface area contributed by atoms with Crippen LogP contribution >= 0.6 is 0 Å². The Bertz CT molecular complexity index is 450. The van der Waals surface area contributed by atoms with E-state index in [1.807, 2.05) is 7.05 Å². The van der Waals surface area contributed by atoms with Crippen LogP contribution in [0.25, 0.3) is 0 Å². The van der Waals surface area contributed by atoms with Crippen molar-refractivity contribution in [1.82, 2.24) is 15.2 Å². The lowest BCUT2D eigenvalue weighted by Gasteiger charge is -2.38. The number of pyridine rings is 1. The summed E-state index contributed by atoms with van der Waals surface area (Å²) in [5, 5.41) is 3.27. The van der Waals surface area contributed by atoms with Gasteiger partial charge in [-0.15, -0.1) is 0 Å². The molecule has 2 aliphatic rings. The smallest absolute Gasteiger partial charge is 0.129 e. The second kappa shape index (κ2) is 6.75. The molecule has 2 fully saturated rings. The van der Waals surface area contributed by atoms with Crippen LogP contribution in [-0.2, 0) is 13.0 Å². The van der Waals surface area contributed by atoms with Gasteiger partial charge in [0.25, 0.3) is 0 Å². The molecule has 1 N–H and O–H groups in total. The van der Waals surface area contributed by atoms with Gasteiger partial charge in [-0.25, -0.2) is 4.98 Å². The average molecular weight is 288 g/mol. The Hall–Kier alpha value is -1.13. The average Bonchev–Trinajstić information content (AvgIpc) is 2.95. The first kappa shape index (κ1) is 14.8. The highest BCUT2D eigenvalue weighted by atomic mass is 15.3. The van der Waals surface area contributed by atoms with E-state index in [2.05, 4.69) is 34.2 Å². The molecule has 4 nitrogen and oxygen atoms in total. The molecular formula is C17H28N4. The number of nitrogens with one attached hydrogen (secondary N) is 1. The molecule has 0 aromatic carbocycles. The summed E-state index contributed by atoms with van der Waals surface area (Å²) in [6.07, 6.45) is 4.96. The number of fused-ring (bicyclic) bond motifs is 1. The predicted molar refractivity (Wildman–Crippen MR) is 87.8 cm³/mol. The molecule has 1 unspecified atom stereocenters. The maximum atomic E-state index is 4.92. The molecule has 21 heavy (non-hydrogen) atoms. The number of aromatic nitrogens is 1. The molecule has 3 heterocycles. The molecule has 4 heteroatoms. The molecule has 0 radical (unpaired) electrons. The van der Waals surface area contributed by atoms with Gasteiger partial charge in [0.1, 0.15) is 5.82 Å². The van der Waals surface area contributed by atoms with Gasteiger partial charge in [0, 0.05) is 37.9 Å². The Labute approximate surface area is 128 Å². The van der Waals surface area contributed by atoms with Gasteiger partial charge in [-0.3, -0.25) is 4.90 Å². The molecule has 0 spiro atoms. The largest absolute Gasteiger partial charge is 0.354 e.